The predicted octanol–water partition coefficient (Wildman–Crippen LogP) is 3.07. The highest BCUT2D eigenvalue weighted by molar-refractivity contribution is 9.10. The highest BCUT2D eigenvalue weighted by Crippen LogP contribution is 2.35. The lowest BCUT2D eigenvalue weighted by molar-refractivity contribution is -0.120. The van der Waals surface area contributed by atoms with Crippen molar-refractivity contribution in [3.63, 3.8) is 0 Å². The van der Waals surface area contributed by atoms with E-state index in [0.29, 0.717) is 25.4 Å². The summed E-state index contributed by atoms with van der Waals surface area (Å²) in [4.78, 5) is 11.9. The van der Waals surface area contributed by atoms with Gasteiger partial charge in [0, 0.05) is 11.0 Å². The minimum atomic E-state index is 0.0403. The molecule has 0 aliphatic carbocycles. The third kappa shape index (κ3) is 4.13. The smallest absolute Gasteiger partial charge is 0.224 e. The number of fused-ring (bicyclic) bond motifs is 1. The van der Waals surface area contributed by atoms with Crippen molar-refractivity contribution >= 4 is 21.8 Å². The van der Waals surface area contributed by atoms with E-state index < -0.39 is 0 Å². The summed E-state index contributed by atoms with van der Waals surface area (Å²) in [6.45, 7) is 4.01. The second kappa shape index (κ2) is 7.53. The molecule has 0 saturated carbocycles. The molecule has 5 heteroatoms. The molecule has 1 aliphatic heterocycles. The Kier molecular flexibility index (Phi) is 5.71. The fraction of sp³-hybridized carbons (Fsp3) is 0.533. The van der Waals surface area contributed by atoms with Crippen LogP contribution in [-0.4, -0.2) is 25.7 Å². The molecule has 1 amide bonds. The lowest BCUT2D eigenvalue weighted by Crippen LogP contribution is -2.26. The van der Waals surface area contributed by atoms with Crippen LogP contribution >= 0.6 is 15.9 Å². The minimum absolute atomic E-state index is 0.0403. The Morgan fingerprint density at radius 2 is 1.95 bits per heavy atom. The van der Waals surface area contributed by atoms with Crippen molar-refractivity contribution in [2.24, 2.45) is 0 Å². The Morgan fingerprint density at radius 3 is 2.65 bits per heavy atom. The van der Waals surface area contributed by atoms with Gasteiger partial charge in [0.1, 0.15) is 13.2 Å². The van der Waals surface area contributed by atoms with Gasteiger partial charge in [-0.1, -0.05) is 35.7 Å². The van der Waals surface area contributed by atoms with Crippen LogP contribution in [-0.2, 0) is 11.2 Å². The topological polar surface area (TPSA) is 47.6 Å². The number of halogens is 1. The molecule has 0 fully saturated rings. The molecule has 0 aromatic heterocycles. The van der Waals surface area contributed by atoms with Crippen molar-refractivity contribution < 1.29 is 14.3 Å². The largest absolute Gasteiger partial charge is 0.486 e. The van der Waals surface area contributed by atoms with Gasteiger partial charge in [-0.05, 0) is 24.1 Å². The van der Waals surface area contributed by atoms with Crippen LogP contribution in [0, 0.1) is 0 Å². The second-order valence-electron chi connectivity index (χ2n) is 4.82. The summed E-state index contributed by atoms with van der Waals surface area (Å²) in [7, 11) is 0. The lowest BCUT2D eigenvalue weighted by atomic mass is 10.1. The summed E-state index contributed by atoms with van der Waals surface area (Å²) in [6.07, 6.45) is 3.69. The van der Waals surface area contributed by atoms with E-state index >= 15 is 0 Å². The average molecular weight is 342 g/mol. The minimum Gasteiger partial charge on any atom is -0.486 e. The van der Waals surface area contributed by atoms with Crippen molar-refractivity contribution in [3.8, 4) is 11.5 Å². The summed E-state index contributed by atoms with van der Waals surface area (Å²) in [5, 5.41) is 2.94. The van der Waals surface area contributed by atoms with E-state index in [1.165, 1.54) is 0 Å². The molecule has 1 N–H and O–H groups in total. The van der Waals surface area contributed by atoms with Crippen LogP contribution in [0.4, 0.5) is 0 Å². The van der Waals surface area contributed by atoms with E-state index in [2.05, 4.69) is 28.2 Å². The van der Waals surface area contributed by atoms with Gasteiger partial charge in [0.25, 0.3) is 0 Å². The maximum absolute atomic E-state index is 11.9. The summed E-state index contributed by atoms with van der Waals surface area (Å²) in [5.41, 5.74) is 0.919. The molecular weight excluding hydrogens is 322 g/mol. The molecule has 1 heterocycles. The first-order chi connectivity index (χ1) is 9.70. The Balaban J connectivity index is 1.93. The van der Waals surface area contributed by atoms with Crippen LogP contribution in [0.25, 0.3) is 0 Å². The molecule has 2 rings (SSSR count). The zero-order valence-corrected chi connectivity index (χ0v) is 13.3. The number of hydrogen-bond donors (Lipinski definition) is 1. The highest BCUT2D eigenvalue weighted by Gasteiger charge is 2.16. The number of unbranched alkanes of at least 4 members (excludes halogenated alkanes) is 2. The van der Waals surface area contributed by atoms with Crippen LogP contribution in [0.2, 0.25) is 0 Å². The van der Waals surface area contributed by atoms with Crippen molar-refractivity contribution in [2.45, 2.75) is 32.6 Å². The molecule has 110 valence electrons. The van der Waals surface area contributed by atoms with Crippen LogP contribution < -0.4 is 14.8 Å². The summed E-state index contributed by atoms with van der Waals surface area (Å²) in [5.74, 6) is 1.49. The van der Waals surface area contributed by atoms with Gasteiger partial charge < -0.3 is 14.8 Å². The van der Waals surface area contributed by atoms with Gasteiger partial charge in [-0.25, -0.2) is 0 Å². The van der Waals surface area contributed by atoms with Crippen LogP contribution in [0.1, 0.15) is 31.7 Å². The van der Waals surface area contributed by atoms with E-state index in [0.717, 1.165) is 41.6 Å². The standard InChI is InChI=1S/C15H20BrNO3/c1-2-3-4-5-17-15(18)9-11-8-13-14(10-12(11)16)20-7-6-19-13/h8,10H,2-7,9H2,1H3,(H,17,18). The van der Waals surface area contributed by atoms with Crippen LogP contribution in [0.5, 0.6) is 11.5 Å². The fourth-order valence-corrected chi connectivity index (χ4v) is 2.54. The number of nitrogens with one attached hydrogen (secondary N) is 1. The predicted molar refractivity (Wildman–Crippen MR) is 81.4 cm³/mol. The molecule has 4 nitrogen and oxygen atoms in total. The first-order valence-electron chi connectivity index (χ1n) is 7.05. The van der Waals surface area contributed by atoms with Gasteiger partial charge in [0.15, 0.2) is 11.5 Å². The maximum Gasteiger partial charge on any atom is 0.224 e. The normalized spacial score (nSPS) is 13.1. The monoisotopic (exact) mass is 341 g/mol. The van der Waals surface area contributed by atoms with Crippen molar-refractivity contribution in [3.05, 3.63) is 22.2 Å². The number of ether oxygens (including phenoxy) is 2. The van der Waals surface area contributed by atoms with E-state index in [4.69, 9.17) is 9.47 Å². The van der Waals surface area contributed by atoms with Crippen LogP contribution in [0.3, 0.4) is 0 Å². The molecule has 0 unspecified atom stereocenters. The van der Waals surface area contributed by atoms with Crippen molar-refractivity contribution in [1.82, 2.24) is 5.32 Å². The lowest BCUT2D eigenvalue weighted by Gasteiger charge is -2.19. The Hall–Kier alpha value is -1.23. The molecule has 1 aliphatic rings. The van der Waals surface area contributed by atoms with E-state index in [-0.39, 0.29) is 5.91 Å². The number of benzene rings is 1. The van der Waals surface area contributed by atoms with Crippen molar-refractivity contribution in [1.29, 1.82) is 0 Å². The number of amides is 1. The van der Waals surface area contributed by atoms with E-state index in [1.807, 2.05) is 12.1 Å². The molecule has 0 bridgehead atoms. The first-order valence-corrected chi connectivity index (χ1v) is 7.84. The first kappa shape index (κ1) is 15.2. The van der Waals surface area contributed by atoms with E-state index in [9.17, 15) is 4.79 Å². The Bertz CT molecular complexity index is 476. The van der Waals surface area contributed by atoms with Gasteiger partial charge in [-0.3, -0.25) is 4.79 Å². The molecule has 1 aromatic carbocycles. The average Bonchev–Trinajstić information content (AvgIpc) is 2.44. The molecule has 0 radical (unpaired) electrons. The highest BCUT2D eigenvalue weighted by atomic mass is 79.9. The number of carbonyl (C=O) groups excluding carboxylic acids is 1. The maximum atomic E-state index is 11.9. The molecule has 0 spiro atoms. The van der Waals surface area contributed by atoms with Gasteiger partial charge in [0.05, 0.1) is 6.42 Å². The van der Waals surface area contributed by atoms with Crippen LogP contribution in [0.15, 0.2) is 16.6 Å². The van der Waals surface area contributed by atoms with E-state index in [1.54, 1.807) is 0 Å². The number of rotatable bonds is 6. The molecule has 1 aromatic rings. The molecule has 20 heavy (non-hydrogen) atoms. The fourth-order valence-electron chi connectivity index (χ4n) is 2.08. The van der Waals surface area contributed by atoms with Gasteiger partial charge in [-0.15, -0.1) is 0 Å². The van der Waals surface area contributed by atoms with Gasteiger partial charge in [-0.2, -0.15) is 0 Å². The third-order valence-electron chi connectivity index (χ3n) is 3.16. The summed E-state index contributed by atoms with van der Waals surface area (Å²) in [6, 6.07) is 3.75. The SMILES string of the molecule is CCCCCNC(=O)Cc1cc2c(cc1Br)OCCO2. The van der Waals surface area contributed by atoms with Crippen molar-refractivity contribution in [2.75, 3.05) is 19.8 Å². The Morgan fingerprint density at radius 1 is 1.25 bits per heavy atom. The second-order valence-corrected chi connectivity index (χ2v) is 5.68. The van der Waals surface area contributed by atoms with Gasteiger partial charge in [0.2, 0.25) is 5.91 Å². The number of hydrogen-bond acceptors (Lipinski definition) is 3. The zero-order valence-electron chi connectivity index (χ0n) is 11.7. The summed E-state index contributed by atoms with van der Waals surface area (Å²) >= 11 is 3.48. The molecule has 0 saturated heterocycles. The Labute approximate surface area is 128 Å². The quantitative estimate of drug-likeness (QED) is 0.809. The zero-order chi connectivity index (χ0) is 14.4. The summed E-state index contributed by atoms with van der Waals surface area (Å²) < 4.78 is 11.9. The third-order valence-corrected chi connectivity index (χ3v) is 3.90. The number of carbonyl (C=O) groups is 1. The van der Waals surface area contributed by atoms with Gasteiger partial charge >= 0.3 is 0 Å². The molecule has 0 atom stereocenters. The molecular formula is C15H20BrNO3.